The zero-order valence-electron chi connectivity index (χ0n) is 23.0. The molecule has 2 aromatic heterocycles. The monoisotopic (exact) mass is 549 g/mol. The number of aromatic amines is 1. The lowest BCUT2D eigenvalue weighted by Crippen LogP contribution is -2.45. The Hall–Kier alpha value is -4.02. The van der Waals surface area contributed by atoms with Crippen molar-refractivity contribution in [1.29, 1.82) is 0 Å². The van der Waals surface area contributed by atoms with Gasteiger partial charge < -0.3 is 34.6 Å². The van der Waals surface area contributed by atoms with Crippen molar-refractivity contribution < 1.29 is 28.5 Å². The van der Waals surface area contributed by atoms with Gasteiger partial charge in [-0.05, 0) is 77.3 Å². The summed E-state index contributed by atoms with van der Waals surface area (Å²) in [6, 6.07) is 3.75. The minimum atomic E-state index is -0.537. The highest BCUT2D eigenvalue weighted by Gasteiger charge is 2.30. The zero-order chi connectivity index (χ0) is 27.9. The maximum atomic E-state index is 13.3. The normalized spacial score (nSPS) is 20.3. The van der Waals surface area contributed by atoms with Gasteiger partial charge in [-0.1, -0.05) is 0 Å². The van der Waals surface area contributed by atoms with E-state index in [1.54, 1.807) is 6.20 Å². The Morgan fingerprint density at radius 2 is 1.77 bits per heavy atom. The third-order valence-corrected chi connectivity index (χ3v) is 7.40. The average molecular weight is 550 g/mol. The fourth-order valence-electron chi connectivity index (χ4n) is 5.21. The highest BCUT2D eigenvalue weighted by Crippen LogP contribution is 2.48. The molecule has 0 unspecified atom stereocenters. The van der Waals surface area contributed by atoms with Gasteiger partial charge in [0, 0.05) is 18.3 Å². The summed E-state index contributed by atoms with van der Waals surface area (Å²) in [6.45, 7) is 6.28. The quantitative estimate of drug-likeness (QED) is 0.386. The average Bonchev–Trinajstić information content (AvgIpc) is 3.43. The number of alkyl carbamates (subject to hydrolysis) is 1. The molecule has 2 saturated carbocycles. The van der Waals surface area contributed by atoms with Crippen LogP contribution in [0.25, 0.3) is 22.3 Å². The highest BCUT2D eigenvalue weighted by molar-refractivity contribution is 6.08. The molecule has 212 valence electrons. The van der Waals surface area contributed by atoms with E-state index < -0.39 is 11.7 Å². The topological polar surface area (TPSA) is 137 Å². The maximum absolute atomic E-state index is 13.3. The number of aromatic nitrogens is 3. The number of hydrogen-bond donors (Lipinski definition) is 3. The van der Waals surface area contributed by atoms with Gasteiger partial charge in [-0.15, -0.1) is 0 Å². The van der Waals surface area contributed by atoms with Crippen LogP contribution in [0.4, 0.5) is 4.79 Å². The van der Waals surface area contributed by atoms with Gasteiger partial charge in [0.2, 0.25) is 6.79 Å². The molecule has 6 rings (SSSR count). The number of amides is 2. The number of carbonyl (C=O) groups excluding carboxylic acids is 2. The minimum Gasteiger partial charge on any atom is -0.492 e. The first-order chi connectivity index (χ1) is 19.2. The van der Waals surface area contributed by atoms with Crippen LogP contribution >= 0.6 is 0 Å². The highest BCUT2D eigenvalue weighted by atomic mass is 16.7. The first kappa shape index (κ1) is 26.2. The summed E-state index contributed by atoms with van der Waals surface area (Å²) in [5, 5.41) is 6.08. The molecule has 2 fully saturated rings. The molecule has 0 spiro atoms. The van der Waals surface area contributed by atoms with E-state index in [9.17, 15) is 9.59 Å². The van der Waals surface area contributed by atoms with E-state index >= 15 is 0 Å². The van der Waals surface area contributed by atoms with Gasteiger partial charge in [-0.25, -0.2) is 14.8 Å². The second-order valence-corrected chi connectivity index (χ2v) is 11.7. The van der Waals surface area contributed by atoms with Crippen molar-refractivity contribution in [3.05, 3.63) is 30.2 Å². The van der Waals surface area contributed by atoms with E-state index in [2.05, 4.69) is 25.6 Å². The van der Waals surface area contributed by atoms with Crippen molar-refractivity contribution in [2.45, 2.75) is 77.0 Å². The van der Waals surface area contributed by atoms with Gasteiger partial charge in [0.15, 0.2) is 11.5 Å². The Labute approximate surface area is 232 Å². The van der Waals surface area contributed by atoms with E-state index in [0.29, 0.717) is 57.6 Å². The molecule has 3 heterocycles. The van der Waals surface area contributed by atoms with Crippen LogP contribution < -0.4 is 24.8 Å². The summed E-state index contributed by atoms with van der Waals surface area (Å²) < 4.78 is 23.0. The maximum Gasteiger partial charge on any atom is 0.407 e. The van der Waals surface area contributed by atoms with Crippen LogP contribution in [0, 0.1) is 5.92 Å². The van der Waals surface area contributed by atoms with Gasteiger partial charge in [0.25, 0.3) is 5.91 Å². The third-order valence-electron chi connectivity index (χ3n) is 7.40. The number of fused-ring (bicyclic) bond motifs is 2. The summed E-state index contributed by atoms with van der Waals surface area (Å²) in [5.74, 6) is 2.23. The van der Waals surface area contributed by atoms with E-state index in [0.717, 1.165) is 25.7 Å². The molecular formula is C29H35N5O6. The molecule has 0 atom stereocenters. The molecule has 40 heavy (non-hydrogen) atoms. The molecule has 0 saturated heterocycles. The first-order valence-corrected chi connectivity index (χ1v) is 13.9. The van der Waals surface area contributed by atoms with Gasteiger partial charge in [-0.3, -0.25) is 4.79 Å². The first-order valence-electron chi connectivity index (χ1n) is 13.9. The molecule has 3 aliphatic rings. The lowest BCUT2D eigenvalue weighted by Gasteiger charge is -2.30. The molecule has 2 amide bonds. The lowest BCUT2D eigenvalue weighted by atomic mass is 9.91. The molecular weight excluding hydrogens is 514 g/mol. The van der Waals surface area contributed by atoms with Gasteiger partial charge in [-0.2, -0.15) is 0 Å². The Morgan fingerprint density at radius 1 is 1.02 bits per heavy atom. The summed E-state index contributed by atoms with van der Waals surface area (Å²) >= 11 is 0. The Morgan fingerprint density at radius 3 is 2.50 bits per heavy atom. The fraction of sp³-hybridized carbons (Fsp3) is 0.517. The summed E-state index contributed by atoms with van der Waals surface area (Å²) in [4.78, 5) is 37.7. The number of hydrogen-bond acceptors (Lipinski definition) is 8. The largest absolute Gasteiger partial charge is 0.492 e. The predicted octanol–water partition coefficient (Wildman–Crippen LogP) is 4.71. The van der Waals surface area contributed by atoms with Crippen molar-refractivity contribution in [3.8, 4) is 28.5 Å². The summed E-state index contributed by atoms with van der Waals surface area (Å²) in [6.07, 6.45) is 8.09. The van der Waals surface area contributed by atoms with E-state index in [-0.39, 0.29) is 24.8 Å². The standard InChI is InChI=1S/C29H35N5O6/c1-29(2,3)40-28(36)34-18-8-6-17(7-9-18)33-27(35)19-12-30-25-23(19)31-14-32-24(25)22-20(37-13-16-4-5-16)10-11-21-26(22)39-15-38-21/h10-12,14,16-18,30H,4-9,13,15H2,1-3H3,(H,33,35)(H,34,36). The van der Waals surface area contributed by atoms with Crippen LogP contribution in [0.15, 0.2) is 24.7 Å². The minimum absolute atomic E-state index is 0.000752. The van der Waals surface area contributed by atoms with E-state index in [1.807, 2.05) is 32.9 Å². The molecule has 0 bridgehead atoms. The number of ether oxygens (including phenoxy) is 4. The third kappa shape index (κ3) is 5.64. The molecule has 3 aromatic rings. The van der Waals surface area contributed by atoms with Crippen molar-refractivity contribution in [3.63, 3.8) is 0 Å². The van der Waals surface area contributed by atoms with Crippen LogP contribution in [-0.4, -0.2) is 58.0 Å². The van der Waals surface area contributed by atoms with E-state index in [1.165, 1.54) is 19.2 Å². The van der Waals surface area contributed by atoms with Crippen molar-refractivity contribution >= 4 is 23.0 Å². The molecule has 2 aliphatic carbocycles. The predicted molar refractivity (Wildman–Crippen MR) is 147 cm³/mol. The smallest absolute Gasteiger partial charge is 0.407 e. The molecule has 1 aliphatic heterocycles. The van der Waals surface area contributed by atoms with Gasteiger partial charge in [0.1, 0.15) is 28.9 Å². The molecule has 3 N–H and O–H groups in total. The zero-order valence-corrected chi connectivity index (χ0v) is 23.0. The Balaban J connectivity index is 1.17. The molecule has 0 radical (unpaired) electrons. The number of rotatable bonds is 7. The van der Waals surface area contributed by atoms with Crippen LogP contribution in [0.1, 0.15) is 69.7 Å². The summed E-state index contributed by atoms with van der Waals surface area (Å²) in [7, 11) is 0. The molecule has 11 nitrogen and oxygen atoms in total. The van der Waals surface area contributed by atoms with Crippen LogP contribution in [0.5, 0.6) is 17.2 Å². The SMILES string of the molecule is CC(C)(C)OC(=O)NC1CCC(NC(=O)c2c[nH]c3c(-c4c(OCC5CC5)ccc5c4OCO5)ncnc23)CC1. The second kappa shape index (κ2) is 10.5. The van der Waals surface area contributed by atoms with Crippen molar-refractivity contribution in [1.82, 2.24) is 25.6 Å². The fourth-order valence-corrected chi connectivity index (χ4v) is 5.21. The number of H-pyrrole nitrogens is 1. The molecule has 1 aromatic carbocycles. The number of nitrogens with one attached hydrogen (secondary N) is 3. The van der Waals surface area contributed by atoms with Crippen LogP contribution in [0.2, 0.25) is 0 Å². The number of benzene rings is 1. The van der Waals surface area contributed by atoms with Crippen molar-refractivity contribution in [2.24, 2.45) is 5.92 Å². The number of nitrogens with zero attached hydrogens (tertiary/aromatic N) is 2. The van der Waals surface area contributed by atoms with Gasteiger partial charge >= 0.3 is 6.09 Å². The van der Waals surface area contributed by atoms with Crippen LogP contribution in [0.3, 0.4) is 0 Å². The van der Waals surface area contributed by atoms with Crippen LogP contribution in [-0.2, 0) is 4.74 Å². The molecule has 11 heteroatoms. The van der Waals surface area contributed by atoms with Gasteiger partial charge in [0.05, 0.1) is 23.3 Å². The lowest BCUT2D eigenvalue weighted by molar-refractivity contribution is 0.0488. The Bertz CT molecular complexity index is 1420. The van der Waals surface area contributed by atoms with E-state index in [4.69, 9.17) is 18.9 Å². The number of carbonyl (C=O) groups is 2. The summed E-state index contributed by atoms with van der Waals surface area (Å²) in [5.41, 5.74) is 2.33. The Kier molecular flexibility index (Phi) is 6.89. The second-order valence-electron chi connectivity index (χ2n) is 11.7. The van der Waals surface area contributed by atoms with Crippen molar-refractivity contribution in [2.75, 3.05) is 13.4 Å².